The number of rotatable bonds is 4. The Morgan fingerprint density at radius 1 is 0.567 bits per heavy atom. The third-order valence-electron chi connectivity index (χ3n) is 4.81. The summed E-state index contributed by atoms with van der Waals surface area (Å²) in [5.74, 6) is 0.658. The van der Waals surface area contributed by atoms with E-state index in [2.05, 4.69) is 39.3 Å². The highest BCUT2D eigenvalue weighted by Gasteiger charge is 2.39. The molecule has 0 fully saturated rings. The van der Waals surface area contributed by atoms with Gasteiger partial charge in [-0.2, -0.15) is 0 Å². The molecule has 0 heterocycles. The van der Waals surface area contributed by atoms with Gasteiger partial charge in [0.25, 0.3) is 0 Å². The molecule has 0 N–H and O–H groups in total. The van der Waals surface area contributed by atoms with E-state index in [9.17, 15) is 9.59 Å². The average molecular weight is 435 g/mol. The maximum absolute atomic E-state index is 13.7. The number of hydrogen-bond acceptors (Lipinski definition) is 4. The first-order valence-electron chi connectivity index (χ1n) is 10.1. The second-order valence-electron chi connectivity index (χ2n) is 9.59. The van der Waals surface area contributed by atoms with Crippen molar-refractivity contribution in [1.82, 2.24) is 0 Å². The maximum Gasteiger partial charge on any atom is 0.242 e. The molecule has 4 nitrogen and oxygen atoms in total. The summed E-state index contributed by atoms with van der Waals surface area (Å²) in [5, 5.41) is 1.62. The first kappa shape index (κ1) is 20.6. The van der Waals surface area contributed by atoms with E-state index < -0.39 is 16.6 Å². The van der Waals surface area contributed by atoms with E-state index in [-0.39, 0.29) is 11.6 Å². The fraction of sp³-hybridized carbons (Fsp3) is 0.250. The van der Waals surface area contributed by atoms with Crippen molar-refractivity contribution in [2.24, 2.45) is 0 Å². The zero-order chi connectivity index (χ0) is 21.8. The van der Waals surface area contributed by atoms with Gasteiger partial charge >= 0.3 is 0 Å². The van der Waals surface area contributed by atoms with Gasteiger partial charge in [0, 0.05) is 21.9 Å². The molecule has 0 unspecified atom stereocenters. The SMILES string of the molecule is C[Si](C)(C)Oc1c2c(c(O[Si](C)(C)C)c3ccccc13)C(=O)c1ccccc1C2=O. The first-order valence-corrected chi connectivity index (χ1v) is 16.9. The molecule has 0 saturated carbocycles. The Morgan fingerprint density at radius 3 is 1.23 bits per heavy atom. The van der Waals surface area contributed by atoms with Gasteiger partial charge in [-0.05, 0) is 39.3 Å². The van der Waals surface area contributed by atoms with Crippen LogP contribution in [0.15, 0.2) is 48.5 Å². The van der Waals surface area contributed by atoms with Crippen LogP contribution in [0.2, 0.25) is 39.3 Å². The summed E-state index contributed by atoms with van der Waals surface area (Å²) in [4.78, 5) is 27.3. The lowest BCUT2D eigenvalue weighted by Crippen LogP contribution is -2.34. The van der Waals surface area contributed by atoms with Gasteiger partial charge in [0.15, 0.2) is 11.6 Å². The minimum absolute atomic E-state index is 0.181. The van der Waals surface area contributed by atoms with Crippen molar-refractivity contribution in [2.75, 3.05) is 0 Å². The Kier molecular flexibility index (Phi) is 4.75. The molecule has 0 saturated heterocycles. The molecule has 30 heavy (non-hydrogen) atoms. The van der Waals surface area contributed by atoms with Crippen molar-refractivity contribution in [3.8, 4) is 11.5 Å². The summed E-state index contributed by atoms with van der Waals surface area (Å²) in [7, 11) is -4.16. The van der Waals surface area contributed by atoms with Crippen LogP contribution < -0.4 is 8.85 Å². The zero-order valence-electron chi connectivity index (χ0n) is 18.3. The summed E-state index contributed by atoms with van der Waals surface area (Å²) >= 11 is 0. The van der Waals surface area contributed by atoms with Gasteiger partial charge in [-0.1, -0.05) is 48.5 Å². The summed E-state index contributed by atoms with van der Waals surface area (Å²) in [6.45, 7) is 12.4. The van der Waals surface area contributed by atoms with E-state index in [4.69, 9.17) is 8.85 Å². The third-order valence-corrected chi connectivity index (χ3v) is 6.44. The van der Waals surface area contributed by atoms with E-state index in [1.54, 1.807) is 24.3 Å². The van der Waals surface area contributed by atoms with Crippen molar-refractivity contribution in [1.29, 1.82) is 0 Å². The molecule has 0 radical (unpaired) electrons. The topological polar surface area (TPSA) is 52.6 Å². The van der Waals surface area contributed by atoms with Crippen molar-refractivity contribution in [3.05, 3.63) is 70.8 Å². The van der Waals surface area contributed by atoms with Crippen molar-refractivity contribution in [2.45, 2.75) is 39.3 Å². The molecule has 0 aliphatic heterocycles. The Morgan fingerprint density at radius 2 is 0.900 bits per heavy atom. The maximum atomic E-state index is 13.7. The zero-order valence-corrected chi connectivity index (χ0v) is 20.3. The second kappa shape index (κ2) is 6.92. The average Bonchev–Trinajstić information content (AvgIpc) is 2.66. The standard InChI is InChI=1S/C24H26O4Si2/c1-29(2,3)27-23-17-13-9-10-14-18(17)24(28-30(4,5)6)20-19(23)21(25)15-11-7-8-12-16(15)22(20)26/h7-14H,1-6H3. The predicted molar refractivity (Wildman–Crippen MR) is 125 cm³/mol. The van der Waals surface area contributed by atoms with Crippen molar-refractivity contribution in [3.63, 3.8) is 0 Å². The number of carbonyl (C=O) groups excluding carboxylic acids is 2. The van der Waals surface area contributed by atoms with Crippen LogP contribution in [0.25, 0.3) is 10.8 Å². The van der Waals surface area contributed by atoms with E-state index in [0.717, 1.165) is 10.8 Å². The van der Waals surface area contributed by atoms with Crippen LogP contribution >= 0.6 is 0 Å². The van der Waals surface area contributed by atoms with Gasteiger partial charge < -0.3 is 8.85 Å². The van der Waals surface area contributed by atoms with Gasteiger partial charge in [0.2, 0.25) is 16.6 Å². The molecular formula is C24H26O4Si2. The molecule has 4 rings (SSSR count). The summed E-state index contributed by atoms with van der Waals surface area (Å²) in [6, 6.07) is 14.7. The summed E-state index contributed by atoms with van der Waals surface area (Å²) in [5.41, 5.74) is 1.52. The molecule has 0 spiro atoms. The van der Waals surface area contributed by atoms with Crippen LogP contribution in [-0.2, 0) is 0 Å². The third kappa shape index (κ3) is 3.50. The lowest BCUT2D eigenvalue weighted by atomic mass is 9.81. The fourth-order valence-corrected chi connectivity index (χ4v) is 5.43. The Labute approximate surface area is 179 Å². The van der Waals surface area contributed by atoms with Gasteiger partial charge in [-0.15, -0.1) is 0 Å². The molecule has 1 aliphatic carbocycles. The highest BCUT2D eigenvalue weighted by molar-refractivity contribution is 6.71. The number of ketones is 2. The second-order valence-corrected chi connectivity index (χ2v) is 18.4. The van der Waals surface area contributed by atoms with E-state index in [0.29, 0.717) is 33.8 Å². The number of fused-ring (bicyclic) bond motifs is 3. The Balaban J connectivity index is 2.17. The van der Waals surface area contributed by atoms with Crippen LogP contribution in [0, 0.1) is 0 Å². The minimum Gasteiger partial charge on any atom is -0.543 e. The molecule has 0 aromatic heterocycles. The van der Waals surface area contributed by atoms with Crippen LogP contribution in [-0.4, -0.2) is 28.2 Å². The molecule has 3 aromatic carbocycles. The number of carbonyl (C=O) groups is 2. The van der Waals surface area contributed by atoms with E-state index >= 15 is 0 Å². The van der Waals surface area contributed by atoms with Gasteiger partial charge in [0.1, 0.15) is 11.5 Å². The number of benzene rings is 3. The lowest BCUT2D eigenvalue weighted by Gasteiger charge is -2.30. The molecule has 6 heteroatoms. The molecule has 3 aromatic rings. The van der Waals surface area contributed by atoms with Crippen molar-refractivity contribution >= 4 is 39.0 Å². The summed E-state index contributed by atoms with van der Waals surface area (Å²) in [6.07, 6.45) is 0. The molecule has 154 valence electrons. The largest absolute Gasteiger partial charge is 0.543 e. The highest BCUT2D eigenvalue weighted by Crippen LogP contribution is 2.46. The van der Waals surface area contributed by atoms with Crippen LogP contribution in [0.3, 0.4) is 0 Å². The van der Waals surface area contributed by atoms with E-state index in [1.165, 1.54) is 0 Å². The van der Waals surface area contributed by atoms with Gasteiger partial charge in [-0.3, -0.25) is 9.59 Å². The van der Waals surface area contributed by atoms with E-state index in [1.807, 2.05) is 24.3 Å². The fourth-order valence-electron chi connectivity index (χ4n) is 3.78. The molecule has 0 bridgehead atoms. The molecule has 0 atom stereocenters. The summed E-state index contributed by atoms with van der Waals surface area (Å²) < 4.78 is 12.9. The predicted octanol–water partition coefficient (Wildman–Crippen LogP) is 6.04. The molecular weight excluding hydrogens is 408 g/mol. The smallest absolute Gasteiger partial charge is 0.242 e. The minimum atomic E-state index is -2.08. The van der Waals surface area contributed by atoms with Crippen LogP contribution in [0.4, 0.5) is 0 Å². The van der Waals surface area contributed by atoms with Gasteiger partial charge in [0.05, 0.1) is 11.1 Å². The van der Waals surface area contributed by atoms with Crippen LogP contribution in [0.1, 0.15) is 31.8 Å². The normalized spacial score (nSPS) is 13.8. The monoisotopic (exact) mass is 434 g/mol. The molecule has 1 aliphatic rings. The Hall–Kier alpha value is -2.71. The van der Waals surface area contributed by atoms with Crippen molar-refractivity contribution < 1.29 is 18.4 Å². The van der Waals surface area contributed by atoms with Crippen LogP contribution in [0.5, 0.6) is 11.5 Å². The number of hydrogen-bond donors (Lipinski definition) is 0. The first-order chi connectivity index (χ1) is 14.0. The lowest BCUT2D eigenvalue weighted by molar-refractivity contribution is 0.0976. The highest BCUT2D eigenvalue weighted by atomic mass is 28.4. The van der Waals surface area contributed by atoms with Gasteiger partial charge in [-0.25, -0.2) is 0 Å². The molecule has 0 amide bonds. The quantitative estimate of drug-likeness (QED) is 0.367. The Bertz CT molecular complexity index is 1110.